The maximum Gasteiger partial charge on any atom is 0.415 e. The van der Waals surface area contributed by atoms with Gasteiger partial charge in [0, 0.05) is 12.5 Å². The van der Waals surface area contributed by atoms with Crippen molar-refractivity contribution in [2.75, 3.05) is 0 Å². The number of imide groups is 1. The van der Waals surface area contributed by atoms with Crippen LogP contribution in [0, 0.1) is 17.5 Å². The van der Waals surface area contributed by atoms with E-state index >= 15 is 0 Å². The molecule has 2 N–H and O–H groups in total. The molecule has 6 nitrogen and oxygen atoms in total. The Kier molecular flexibility index (Phi) is 4.75. The average Bonchev–Trinajstić information content (AvgIpc) is 3.03. The minimum Gasteiger partial charge on any atom is -0.443 e. The summed E-state index contributed by atoms with van der Waals surface area (Å²) >= 11 is 0. The molecular formula is C15H17F3N2O4. The highest BCUT2D eigenvalue weighted by Crippen LogP contribution is 2.30. The van der Waals surface area contributed by atoms with Crippen molar-refractivity contribution in [3.8, 4) is 0 Å². The number of nitrogens with one attached hydrogen (secondary N) is 1. The summed E-state index contributed by atoms with van der Waals surface area (Å²) in [6, 6.07) is -0.721. The Balaban J connectivity index is 1.97. The van der Waals surface area contributed by atoms with Gasteiger partial charge in [-0.3, -0.25) is 4.90 Å². The van der Waals surface area contributed by atoms with Crippen molar-refractivity contribution in [1.29, 1.82) is 0 Å². The van der Waals surface area contributed by atoms with Crippen molar-refractivity contribution < 1.29 is 32.6 Å². The van der Waals surface area contributed by atoms with E-state index in [-0.39, 0.29) is 12.0 Å². The molecule has 3 amide bonds. The van der Waals surface area contributed by atoms with Crippen LogP contribution in [0.4, 0.5) is 22.8 Å². The highest BCUT2D eigenvalue weighted by Gasteiger charge is 2.50. The third-order valence-corrected chi connectivity index (χ3v) is 3.26. The molecule has 1 aromatic carbocycles. The fraction of sp³-hybridized carbons (Fsp3) is 0.467. The lowest BCUT2D eigenvalue weighted by molar-refractivity contribution is 0.0539. The molecule has 2 atom stereocenters. The zero-order valence-corrected chi connectivity index (χ0v) is 13.3. The molecule has 0 bridgehead atoms. The largest absolute Gasteiger partial charge is 0.443 e. The van der Waals surface area contributed by atoms with Gasteiger partial charge in [-0.15, -0.1) is 0 Å². The molecule has 1 fully saturated rings. The fourth-order valence-electron chi connectivity index (χ4n) is 2.14. The average molecular weight is 346 g/mol. The number of benzene rings is 1. The summed E-state index contributed by atoms with van der Waals surface area (Å²) < 4.78 is 44.5. The molecule has 1 saturated heterocycles. The monoisotopic (exact) mass is 346 g/mol. The summed E-state index contributed by atoms with van der Waals surface area (Å²) in [4.78, 5) is 24.2. The van der Waals surface area contributed by atoms with Gasteiger partial charge < -0.3 is 9.84 Å². The minimum atomic E-state index is -1.33. The predicted molar refractivity (Wildman–Crippen MR) is 76.4 cm³/mol. The van der Waals surface area contributed by atoms with E-state index in [1.807, 2.05) is 5.32 Å². The van der Waals surface area contributed by atoms with Crippen LogP contribution in [0.15, 0.2) is 12.1 Å². The molecule has 0 aromatic heterocycles. The van der Waals surface area contributed by atoms with Crippen LogP contribution < -0.4 is 5.32 Å². The van der Waals surface area contributed by atoms with Crippen LogP contribution in [0.5, 0.6) is 0 Å². The smallest absolute Gasteiger partial charge is 0.415 e. The lowest BCUT2D eigenvalue weighted by Crippen LogP contribution is -2.39. The van der Waals surface area contributed by atoms with E-state index in [0.29, 0.717) is 12.1 Å². The maximum atomic E-state index is 13.6. The molecule has 1 aliphatic rings. The number of aliphatic hydroxyl groups is 1. The number of hydrogen-bond donors (Lipinski definition) is 2. The first kappa shape index (κ1) is 18.1. The lowest BCUT2D eigenvalue weighted by atomic mass is 10.1. The number of carbonyl (C=O) groups is 2. The van der Waals surface area contributed by atoms with E-state index in [1.165, 1.54) is 0 Å². The Bertz CT molecular complexity index is 675. The zero-order chi connectivity index (χ0) is 18.2. The summed E-state index contributed by atoms with van der Waals surface area (Å²) in [6.45, 7) is 4.83. The van der Waals surface area contributed by atoms with Crippen molar-refractivity contribution in [3.05, 3.63) is 35.1 Å². The van der Waals surface area contributed by atoms with E-state index in [0.717, 1.165) is 4.90 Å². The Labute approximate surface area is 136 Å². The van der Waals surface area contributed by atoms with Crippen molar-refractivity contribution in [3.63, 3.8) is 0 Å². The van der Waals surface area contributed by atoms with Gasteiger partial charge in [0.15, 0.2) is 17.9 Å². The van der Waals surface area contributed by atoms with E-state index < -0.39 is 47.4 Å². The molecule has 0 saturated carbocycles. The molecular weight excluding hydrogens is 329 g/mol. The van der Waals surface area contributed by atoms with Crippen LogP contribution in [-0.2, 0) is 11.2 Å². The molecule has 1 aromatic rings. The van der Waals surface area contributed by atoms with Gasteiger partial charge >= 0.3 is 12.1 Å². The van der Waals surface area contributed by atoms with Gasteiger partial charge in [0.1, 0.15) is 11.4 Å². The number of hydrogen-bond acceptors (Lipinski definition) is 4. The van der Waals surface area contributed by atoms with Crippen LogP contribution in [-0.4, -0.2) is 40.0 Å². The van der Waals surface area contributed by atoms with Crippen molar-refractivity contribution in [2.24, 2.45) is 0 Å². The lowest BCUT2D eigenvalue weighted by Gasteiger charge is -2.19. The van der Waals surface area contributed by atoms with E-state index in [9.17, 15) is 27.9 Å². The summed E-state index contributed by atoms with van der Waals surface area (Å²) in [5, 5.41) is 11.6. The predicted octanol–water partition coefficient (Wildman–Crippen LogP) is 2.29. The first-order valence-corrected chi connectivity index (χ1v) is 7.13. The number of halogens is 3. The van der Waals surface area contributed by atoms with Crippen LogP contribution in [0.1, 0.15) is 26.3 Å². The highest BCUT2D eigenvalue weighted by atomic mass is 19.2. The summed E-state index contributed by atoms with van der Waals surface area (Å²) in [7, 11) is 0. The number of urea groups is 1. The number of alkyl carbamates (subject to hydrolysis) is 1. The van der Waals surface area contributed by atoms with Gasteiger partial charge in [-0.2, -0.15) is 0 Å². The SMILES string of the molecule is CC(C)(C)OC(=O)NC(=O)N1[C@H](O)[C@H]1Cc1cc(F)c(F)cc1F. The maximum absolute atomic E-state index is 13.6. The third kappa shape index (κ3) is 4.16. The molecule has 9 heteroatoms. The molecule has 1 aliphatic heterocycles. The van der Waals surface area contributed by atoms with E-state index in [4.69, 9.17) is 4.74 Å². The molecule has 0 spiro atoms. The molecule has 0 radical (unpaired) electrons. The Morgan fingerprint density at radius 3 is 2.38 bits per heavy atom. The summed E-state index contributed by atoms with van der Waals surface area (Å²) in [5.74, 6) is -3.54. The van der Waals surface area contributed by atoms with E-state index in [2.05, 4.69) is 0 Å². The second kappa shape index (κ2) is 6.31. The van der Waals surface area contributed by atoms with Crippen LogP contribution >= 0.6 is 0 Å². The molecule has 0 unspecified atom stereocenters. The Morgan fingerprint density at radius 1 is 1.21 bits per heavy atom. The normalized spacial score (nSPS) is 19.9. The topological polar surface area (TPSA) is 78.6 Å². The number of carbonyl (C=O) groups excluding carboxylic acids is 2. The first-order valence-electron chi connectivity index (χ1n) is 7.13. The highest BCUT2D eigenvalue weighted by molar-refractivity contribution is 5.92. The number of aliphatic hydroxyl groups excluding tert-OH is 1. The molecule has 132 valence electrons. The third-order valence-electron chi connectivity index (χ3n) is 3.26. The van der Waals surface area contributed by atoms with Crippen molar-refractivity contribution >= 4 is 12.1 Å². The van der Waals surface area contributed by atoms with Gasteiger partial charge in [-0.25, -0.2) is 28.1 Å². The molecule has 24 heavy (non-hydrogen) atoms. The Morgan fingerprint density at radius 2 is 1.79 bits per heavy atom. The van der Waals surface area contributed by atoms with Gasteiger partial charge in [0.05, 0.1) is 6.04 Å². The number of ether oxygens (including phenoxy) is 1. The molecule has 2 rings (SSSR count). The van der Waals surface area contributed by atoms with Crippen LogP contribution in [0.25, 0.3) is 0 Å². The van der Waals surface area contributed by atoms with Crippen LogP contribution in [0.3, 0.4) is 0 Å². The first-order chi connectivity index (χ1) is 11.0. The fourth-order valence-corrected chi connectivity index (χ4v) is 2.14. The number of rotatable bonds is 2. The Hall–Kier alpha value is -2.29. The van der Waals surface area contributed by atoms with Crippen LogP contribution in [0.2, 0.25) is 0 Å². The minimum absolute atomic E-state index is 0.189. The number of nitrogens with zero attached hydrogens (tertiary/aromatic N) is 1. The van der Waals surface area contributed by atoms with Crippen molar-refractivity contribution in [2.45, 2.75) is 45.1 Å². The second-order valence-electron chi connectivity index (χ2n) is 6.38. The molecule has 0 aliphatic carbocycles. The van der Waals surface area contributed by atoms with Crippen molar-refractivity contribution in [1.82, 2.24) is 10.2 Å². The summed E-state index contributed by atoms with van der Waals surface area (Å²) in [5.41, 5.74) is -0.999. The molecule has 1 heterocycles. The standard InChI is InChI=1S/C15H17F3N2O4/c1-15(2,3)24-14(23)19-13(22)20-11(12(20)21)5-7-4-9(17)10(18)6-8(7)16/h4,6,11-12,21H,5H2,1-3H3,(H,19,22,23)/t11-,12-,20?/m1/s1. The van der Waals surface area contributed by atoms with Gasteiger partial charge in [-0.1, -0.05) is 0 Å². The quantitative estimate of drug-likeness (QED) is 0.636. The number of amides is 3. The summed E-state index contributed by atoms with van der Waals surface area (Å²) in [6.07, 6.45) is -2.49. The van der Waals surface area contributed by atoms with Gasteiger partial charge in [0.25, 0.3) is 0 Å². The van der Waals surface area contributed by atoms with Gasteiger partial charge in [-0.05, 0) is 32.4 Å². The zero-order valence-electron chi connectivity index (χ0n) is 13.3. The second-order valence-corrected chi connectivity index (χ2v) is 6.38. The van der Waals surface area contributed by atoms with Gasteiger partial charge in [0.2, 0.25) is 0 Å². The van der Waals surface area contributed by atoms with E-state index in [1.54, 1.807) is 20.8 Å².